The lowest BCUT2D eigenvalue weighted by atomic mass is 10.1. The molecule has 9 heteroatoms. The fourth-order valence-corrected chi connectivity index (χ4v) is 2.78. The van der Waals surface area contributed by atoms with E-state index in [4.69, 9.17) is 14.2 Å². The summed E-state index contributed by atoms with van der Waals surface area (Å²) in [6.07, 6.45) is -3.33. The van der Waals surface area contributed by atoms with E-state index in [0.717, 1.165) is 11.1 Å². The molecular formula is C12H17FN2O6. The first-order valence-electron chi connectivity index (χ1n) is 6.58. The quantitative estimate of drug-likeness (QED) is 0.585. The summed E-state index contributed by atoms with van der Waals surface area (Å²) < 4.78 is 30.4. The van der Waals surface area contributed by atoms with Crippen LogP contribution in [0.4, 0.5) is 4.39 Å². The molecule has 3 rings (SSSR count). The highest BCUT2D eigenvalue weighted by Crippen LogP contribution is 2.40. The van der Waals surface area contributed by atoms with Crippen molar-refractivity contribution in [1.29, 1.82) is 0 Å². The van der Waals surface area contributed by atoms with Gasteiger partial charge in [0.15, 0.2) is 12.0 Å². The summed E-state index contributed by atoms with van der Waals surface area (Å²) in [6, 6.07) is 0. The largest absolute Gasteiger partial charge is 0.394 e. The fraction of sp³-hybridized carbons (Fsp3) is 0.750. The summed E-state index contributed by atoms with van der Waals surface area (Å²) in [4.78, 5) is 12.2. The van der Waals surface area contributed by atoms with Crippen molar-refractivity contribution in [2.75, 3.05) is 6.61 Å². The van der Waals surface area contributed by atoms with Gasteiger partial charge in [-0.3, -0.25) is 4.79 Å². The Morgan fingerprint density at radius 3 is 2.76 bits per heavy atom. The Morgan fingerprint density at radius 1 is 1.43 bits per heavy atom. The normalized spacial score (nSPS) is 41.8. The number of aliphatic hydroxyl groups is 2. The summed E-state index contributed by atoms with van der Waals surface area (Å²) in [6.45, 7) is 3.11. The number of hydrogen-bond acceptors (Lipinski definition) is 7. The molecule has 21 heavy (non-hydrogen) atoms. The molecule has 5 atom stereocenters. The van der Waals surface area contributed by atoms with Crippen LogP contribution >= 0.6 is 0 Å². The topological polar surface area (TPSA) is 100 Å². The van der Waals surface area contributed by atoms with Crippen molar-refractivity contribution < 1.29 is 33.6 Å². The van der Waals surface area contributed by atoms with Gasteiger partial charge in [-0.05, 0) is 13.8 Å². The van der Waals surface area contributed by atoms with E-state index in [0.29, 0.717) is 0 Å². The number of rotatable bonds is 2. The molecule has 118 valence electrons. The zero-order valence-electron chi connectivity index (χ0n) is 11.5. The number of carbonyl (C=O) groups is 1. The number of nitrogens with zero attached hydrogens (tertiary/aromatic N) is 1. The number of carbonyl (C=O) groups excluding carboxylic acids is 1. The molecule has 3 heterocycles. The van der Waals surface area contributed by atoms with Crippen molar-refractivity contribution in [3.05, 3.63) is 12.0 Å². The third-order valence-electron chi connectivity index (χ3n) is 3.62. The van der Waals surface area contributed by atoms with Gasteiger partial charge in [-0.1, -0.05) is 0 Å². The van der Waals surface area contributed by atoms with E-state index in [1.54, 1.807) is 13.8 Å². The van der Waals surface area contributed by atoms with Crippen LogP contribution in [0.1, 0.15) is 13.8 Å². The minimum absolute atomic E-state index is 0.306. The lowest BCUT2D eigenvalue weighted by Gasteiger charge is -2.36. The molecular weight excluding hydrogens is 287 g/mol. The van der Waals surface area contributed by atoms with Crippen LogP contribution in [0.15, 0.2) is 12.0 Å². The van der Waals surface area contributed by atoms with Crippen LogP contribution in [-0.2, 0) is 19.0 Å². The third-order valence-corrected chi connectivity index (χ3v) is 3.62. The van der Waals surface area contributed by atoms with E-state index in [1.165, 1.54) is 0 Å². The molecule has 0 aromatic heterocycles. The predicted molar refractivity (Wildman–Crippen MR) is 64.8 cm³/mol. The molecule has 0 saturated carbocycles. The molecule has 0 radical (unpaired) electrons. The van der Waals surface area contributed by atoms with Gasteiger partial charge in [0.05, 0.1) is 6.61 Å². The van der Waals surface area contributed by atoms with Gasteiger partial charge in [0.2, 0.25) is 12.2 Å². The van der Waals surface area contributed by atoms with Gasteiger partial charge in [-0.15, -0.1) is 0 Å². The maximum atomic E-state index is 13.4. The van der Waals surface area contributed by atoms with Crippen LogP contribution in [0.2, 0.25) is 0 Å². The van der Waals surface area contributed by atoms with E-state index in [9.17, 15) is 19.4 Å². The number of halogens is 1. The maximum Gasteiger partial charge on any atom is 0.284 e. The average molecular weight is 304 g/mol. The van der Waals surface area contributed by atoms with Crippen molar-refractivity contribution in [2.24, 2.45) is 0 Å². The molecule has 2 saturated heterocycles. The molecule has 0 aliphatic carbocycles. The van der Waals surface area contributed by atoms with Crippen LogP contribution in [0.3, 0.4) is 0 Å². The van der Waals surface area contributed by atoms with Gasteiger partial charge in [0, 0.05) is 6.20 Å². The minimum Gasteiger partial charge on any atom is -0.394 e. The minimum atomic E-state index is -1.45. The lowest BCUT2D eigenvalue weighted by molar-refractivity contribution is -0.219. The van der Waals surface area contributed by atoms with Gasteiger partial charge < -0.3 is 34.6 Å². The van der Waals surface area contributed by atoms with E-state index in [1.807, 2.05) is 5.32 Å². The van der Waals surface area contributed by atoms with Crippen molar-refractivity contribution in [3.63, 3.8) is 0 Å². The van der Waals surface area contributed by atoms with Crippen molar-refractivity contribution in [3.8, 4) is 0 Å². The molecule has 3 aliphatic rings. The number of aliphatic hydroxyl groups excluding tert-OH is 2. The van der Waals surface area contributed by atoms with Gasteiger partial charge in [-0.2, -0.15) is 4.39 Å². The number of fused-ring (bicyclic) bond motifs is 1. The van der Waals surface area contributed by atoms with E-state index in [2.05, 4.69) is 0 Å². The highest BCUT2D eigenvalue weighted by Gasteiger charge is 2.57. The third kappa shape index (κ3) is 2.40. The number of ether oxygens (including phenoxy) is 3. The van der Waals surface area contributed by atoms with Gasteiger partial charge >= 0.3 is 0 Å². The van der Waals surface area contributed by atoms with Crippen LogP contribution in [-0.4, -0.2) is 64.3 Å². The molecule has 0 aromatic carbocycles. The molecule has 2 fully saturated rings. The Morgan fingerprint density at radius 2 is 2.10 bits per heavy atom. The van der Waals surface area contributed by atoms with Crippen molar-refractivity contribution in [2.45, 2.75) is 50.5 Å². The molecule has 0 bridgehead atoms. The first-order valence-corrected chi connectivity index (χ1v) is 6.58. The van der Waals surface area contributed by atoms with Crippen molar-refractivity contribution >= 4 is 5.91 Å². The summed E-state index contributed by atoms with van der Waals surface area (Å²) >= 11 is 0. The summed E-state index contributed by atoms with van der Waals surface area (Å²) in [5.41, 5.74) is 0. The first kappa shape index (κ1) is 14.7. The second-order valence-corrected chi connectivity index (χ2v) is 5.58. The molecule has 8 nitrogen and oxygen atoms in total. The second-order valence-electron chi connectivity index (χ2n) is 5.58. The summed E-state index contributed by atoms with van der Waals surface area (Å²) in [7, 11) is 0. The number of nitrogens with one attached hydrogen (secondary N) is 1. The molecule has 0 aromatic rings. The fourth-order valence-electron chi connectivity index (χ4n) is 2.78. The molecule has 0 spiro atoms. The summed E-state index contributed by atoms with van der Waals surface area (Å²) in [5.74, 6) is -2.93. The van der Waals surface area contributed by atoms with E-state index < -0.39 is 48.4 Å². The Hall–Kier alpha value is -1.26. The Balaban J connectivity index is 1.87. The Labute approximate surface area is 120 Å². The Kier molecular flexibility index (Phi) is 3.41. The predicted octanol–water partition coefficient (Wildman–Crippen LogP) is -1.26. The van der Waals surface area contributed by atoms with Gasteiger partial charge in [0.1, 0.15) is 18.3 Å². The maximum absolute atomic E-state index is 13.4. The monoisotopic (exact) mass is 304 g/mol. The van der Waals surface area contributed by atoms with Crippen molar-refractivity contribution in [1.82, 2.24) is 10.2 Å². The Bertz CT molecular complexity index is 484. The lowest BCUT2D eigenvalue weighted by Crippen LogP contribution is -2.56. The standard InChI is InChI=1S/C12H17FN2O6/c1-12(2)20-7-6(4-16)19-10(8(7)21-12)15-3-5(13)9(17)14-11(15)18/h3,6-8,10-11,16,18H,4H2,1-2H3,(H,14,17)/t6-,7?,8?,10-,11?/m1/s1. The number of hydrogen-bond donors (Lipinski definition) is 3. The van der Waals surface area contributed by atoms with Crippen LogP contribution in [0, 0.1) is 0 Å². The van der Waals surface area contributed by atoms with Crippen LogP contribution in [0.5, 0.6) is 0 Å². The smallest absolute Gasteiger partial charge is 0.284 e. The highest BCUT2D eigenvalue weighted by molar-refractivity contribution is 5.91. The van der Waals surface area contributed by atoms with E-state index >= 15 is 0 Å². The van der Waals surface area contributed by atoms with Gasteiger partial charge in [-0.25, -0.2) is 0 Å². The molecule has 3 aliphatic heterocycles. The molecule has 3 N–H and O–H groups in total. The SMILES string of the molecule is CC1(C)OC2C(O1)[C@@H](CO)O[C@H]2N1C=C(F)C(=O)NC1O. The average Bonchev–Trinajstić information content (AvgIpc) is 2.87. The zero-order valence-corrected chi connectivity index (χ0v) is 11.5. The molecule has 3 unspecified atom stereocenters. The first-order chi connectivity index (χ1) is 9.82. The van der Waals surface area contributed by atoms with E-state index in [-0.39, 0.29) is 6.61 Å². The van der Waals surface area contributed by atoms with Gasteiger partial charge in [0.25, 0.3) is 5.91 Å². The highest BCUT2D eigenvalue weighted by atomic mass is 19.1. The number of amides is 1. The summed E-state index contributed by atoms with van der Waals surface area (Å²) in [5, 5.41) is 21.3. The second kappa shape index (κ2) is 4.89. The zero-order chi connectivity index (χ0) is 15.4. The van der Waals surface area contributed by atoms with Crippen LogP contribution < -0.4 is 5.32 Å². The van der Waals surface area contributed by atoms with Crippen LogP contribution in [0.25, 0.3) is 0 Å². The molecule has 1 amide bonds.